The molecule has 2 rings (SSSR count). The minimum Gasteiger partial charge on any atom is -0.376 e. The Hall–Kier alpha value is -1.81. The molecule has 18 heavy (non-hydrogen) atoms. The molecular formula is C13H14ClN3O. The highest BCUT2D eigenvalue weighted by Crippen LogP contribution is 2.24. The summed E-state index contributed by atoms with van der Waals surface area (Å²) < 4.78 is 0. The van der Waals surface area contributed by atoms with Gasteiger partial charge in [0.05, 0.1) is 12.1 Å². The van der Waals surface area contributed by atoms with Crippen molar-refractivity contribution in [2.75, 3.05) is 26.0 Å². The Labute approximate surface area is 111 Å². The van der Waals surface area contributed by atoms with Gasteiger partial charge in [-0.1, -0.05) is 11.6 Å². The summed E-state index contributed by atoms with van der Waals surface area (Å²) >= 11 is 5.92. The van der Waals surface area contributed by atoms with Gasteiger partial charge >= 0.3 is 0 Å². The molecule has 0 aliphatic heterocycles. The largest absolute Gasteiger partial charge is 0.376 e. The number of amides is 1. The summed E-state index contributed by atoms with van der Waals surface area (Å²) in [5, 5.41) is 4.72. The molecule has 0 fully saturated rings. The van der Waals surface area contributed by atoms with Gasteiger partial charge < -0.3 is 10.2 Å². The molecule has 0 spiro atoms. The SMILES string of the molecule is CN(C)C(=O)CNc1ccnc2cc(Cl)ccc12. The molecule has 0 saturated heterocycles. The second kappa shape index (κ2) is 5.23. The van der Waals surface area contributed by atoms with E-state index in [-0.39, 0.29) is 12.5 Å². The molecule has 0 aliphatic carbocycles. The predicted molar refractivity (Wildman–Crippen MR) is 73.9 cm³/mol. The lowest BCUT2D eigenvalue weighted by molar-refractivity contribution is -0.126. The number of carbonyl (C=O) groups excluding carboxylic acids is 1. The van der Waals surface area contributed by atoms with Crippen LogP contribution in [0.1, 0.15) is 0 Å². The van der Waals surface area contributed by atoms with Crippen LogP contribution in [0.15, 0.2) is 30.5 Å². The molecular weight excluding hydrogens is 250 g/mol. The van der Waals surface area contributed by atoms with Gasteiger partial charge in [0.15, 0.2) is 0 Å². The number of likely N-dealkylation sites (N-methyl/N-ethyl adjacent to an activating group) is 1. The minimum atomic E-state index is 0.0222. The molecule has 0 bridgehead atoms. The van der Waals surface area contributed by atoms with Crippen molar-refractivity contribution in [3.63, 3.8) is 0 Å². The molecule has 1 aromatic carbocycles. The quantitative estimate of drug-likeness (QED) is 0.925. The van der Waals surface area contributed by atoms with Gasteiger partial charge in [0.25, 0.3) is 0 Å². The topological polar surface area (TPSA) is 45.2 Å². The van der Waals surface area contributed by atoms with Gasteiger partial charge in [-0.3, -0.25) is 9.78 Å². The number of benzene rings is 1. The summed E-state index contributed by atoms with van der Waals surface area (Å²) in [5.74, 6) is 0.0222. The number of carbonyl (C=O) groups is 1. The first-order valence-corrected chi connectivity index (χ1v) is 5.94. The fourth-order valence-corrected chi connectivity index (χ4v) is 1.77. The third kappa shape index (κ3) is 2.71. The summed E-state index contributed by atoms with van der Waals surface area (Å²) in [4.78, 5) is 17.3. The highest BCUT2D eigenvalue weighted by atomic mass is 35.5. The van der Waals surface area contributed by atoms with Crippen molar-refractivity contribution >= 4 is 34.1 Å². The third-order valence-corrected chi connectivity index (χ3v) is 2.87. The number of nitrogens with zero attached hydrogens (tertiary/aromatic N) is 2. The maximum Gasteiger partial charge on any atom is 0.241 e. The average molecular weight is 264 g/mol. The van der Waals surface area contributed by atoms with Crippen LogP contribution in [-0.4, -0.2) is 36.4 Å². The summed E-state index contributed by atoms with van der Waals surface area (Å²) in [6.45, 7) is 0.259. The molecule has 1 heterocycles. The summed E-state index contributed by atoms with van der Waals surface area (Å²) in [7, 11) is 3.46. The van der Waals surface area contributed by atoms with Crippen molar-refractivity contribution in [2.24, 2.45) is 0 Å². The van der Waals surface area contributed by atoms with Gasteiger partial charge in [0.2, 0.25) is 5.91 Å². The van der Waals surface area contributed by atoms with Crippen molar-refractivity contribution in [3.8, 4) is 0 Å². The molecule has 5 heteroatoms. The molecule has 1 aromatic heterocycles. The second-order valence-electron chi connectivity index (χ2n) is 4.16. The highest BCUT2D eigenvalue weighted by Gasteiger charge is 2.06. The molecule has 1 N–H and O–H groups in total. The van der Waals surface area contributed by atoms with Crippen LogP contribution in [-0.2, 0) is 4.79 Å². The smallest absolute Gasteiger partial charge is 0.241 e. The van der Waals surface area contributed by atoms with Crippen molar-refractivity contribution in [1.82, 2.24) is 9.88 Å². The van der Waals surface area contributed by atoms with E-state index in [1.807, 2.05) is 18.2 Å². The number of fused-ring (bicyclic) bond motifs is 1. The monoisotopic (exact) mass is 263 g/mol. The Bertz CT molecular complexity index is 583. The van der Waals surface area contributed by atoms with E-state index >= 15 is 0 Å². The molecule has 0 unspecified atom stereocenters. The number of nitrogens with one attached hydrogen (secondary N) is 1. The number of aromatic nitrogens is 1. The average Bonchev–Trinajstić information content (AvgIpc) is 2.35. The zero-order chi connectivity index (χ0) is 13.1. The van der Waals surface area contributed by atoms with E-state index in [0.717, 1.165) is 16.6 Å². The first kappa shape index (κ1) is 12.6. The fraction of sp³-hybridized carbons (Fsp3) is 0.231. The molecule has 0 aliphatic rings. The molecule has 4 nitrogen and oxygen atoms in total. The van der Waals surface area contributed by atoms with Gasteiger partial charge in [0, 0.05) is 36.4 Å². The van der Waals surface area contributed by atoms with Crippen molar-refractivity contribution in [2.45, 2.75) is 0 Å². The van der Waals surface area contributed by atoms with Crippen LogP contribution >= 0.6 is 11.6 Å². The maximum absolute atomic E-state index is 11.5. The molecule has 2 aromatic rings. The van der Waals surface area contributed by atoms with E-state index < -0.39 is 0 Å². The standard InChI is InChI=1S/C13H14ClN3O/c1-17(2)13(18)8-16-11-5-6-15-12-7-9(14)3-4-10(11)12/h3-7H,8H2,1-2H3,(H,15,16). The number of hydrogen-bond acceptors (Lipinski definition) is 3. The Balaban J connectivity index is 2.26. The summed E-state index contributed by atoms with van der Waals surface area (Å²) in [5.41, 5.74) is 1.69. The van der Waals surface area contributed by atoms with Crippen LogP contribution in [0.25, 0.3) is 10.9 Å². The first-order valence-electron chi connectivity index (χ1n) is 5.56. The third-order valence-electron chi connectivity index (χ3n) is 2.63. The van der Waals surface area contributed by atoms with E-state index in [1.54, 1.807) is 31.3 Å². The van der Waals surface area contributed by atoms with Gasteiger partial charge in [-0.05, 0) is 24.3 Å². The summed E-state index contributed by atoms with van der Waals surface area (Å²) in [6.07, 6.45) is 1.70. The molecule has 0 saturated carbocycles. The van der Waals surface area contributed by atoms with E-state index in [4.69, 9.17) is 11.6 Å². The fourth-order valence-electron chi connectivity index (χ4n) is 1.60. The second-order valence-corrected chi connectivity index (χ2v) is 4.60. The van der Waals surface area contributed by atoms with E-state index in [2.05, 4.69) is 10.3 Å². The Morgan fingerprint density at radius 2 is 2.17 bits per heavy atom. The number of anilines is 1. The van der Waals surface area contributed by atoms with Crippen LogP contribution in [0.5, 0.6) is 0 Å². The van der Waals surface area contributed by atoms with Crippen LogP contribution in [0.4, 0.5) is 5.69 Å². The summed E-state index contributed by atoms with van der Waals surface area (Å²) in [6, 6.07) is 7.35. The normalized spacial score (nSPS) is 10.4. The van der Waals surface area contributed by atoms with E-state index in [0.29, 0.717) is 5.02 Å². The number of halogens is 1. The molecule has 0 atom stereocenters. The highest BCUT2D eigenvalue weighted by molar-refractivity contribution is 6.31. The van der Waals surface area contributed by atoms with Crippen molar-refractivity contribution in [3.05, 3.63) is 35.5 Å². The zero-order valence-electron chi connectivity index (χ0n) is 10.3. The maximum atomic E-state index is 11.5. The van der Waals surface area contributed by atoms with Crippen LogP contribution in [0.3, 0.4) is 0 Å². The Morgan fingerprint density at radius 3 is 2.89 bits per heavy atom. The van der Waals surface area contributed by atoms with Crippen molar-refractivity contribution < 1.29 is 4.79 Å². The van der Waals surface area contributed by atoms with Crippen LogP contribution in [0.2, 0.25) is 5.02 Å². The lowest BCUT2D eigenvalue weighted by Gasteiger charge is -2.13. The minimum absolute atomic E-state index is 0.0222. The van der Waals surface area contributed by atoms with Crippen LogP contribution in [0, 0.1) is 0 Å². The lowest BCUT2D eigenvalue weighted by Crippen LogP contribution is -2.28. The van der Waals surface area contributed by atoms with Gasteiger partial charge in [-0.2, -0.15) is 0 Å². The van der Waals surface area contributed by atoms with Gasteiger partial charge in [-0.15, -0.1) is 0 Å². The van der Waals surface area contributed by atoms with E-state index in [1.165, 1.54) is 0 Å². The lowest BCUT2D eigenvalue weighted by atomic mass is 10.2. The predicted octanol–water partition coefficient (Wildman–Crippen LogP) is 2.39. The number of pyridine rings is 1. The number of rotatable bonds is 3. The Morgan fingerprint density at radius 1 is 1.39 bits per heavy atom. The molecule has 0 radical (unpaired) electrons. The van der Waals surface area contributed by atoms with Gasteiger partial charge in [0.1, 0.15) is 0 Å². The zero-order valence-corrected chi connectivity index (χ0v) is 11.0. The van der Waals surface area contributed by atoms with Crippen molar-refractivity contribution in [1.29, 1.82) is 0 Å². The Kier molecular flexibility index (Phi) is 3.67. The van der Waals surface area contributed by atoms with Crippen LogP contribution < -0.4 is 5.32 Å². The number of hydrogen-bond donors (Lipinski definition) is 1. The van der Waals surface area contributed by atoms with Gasteiger partial charge in [-0.25, -0.2) is 0 Å². The molecule has 94 valence electrons. The molecule has 1 amide bonds. The van der Waals surface area contributed by atoms with E-state index in [9.17, 15) is 4.79 Å². The first-order chi connectivity index (χ1) is 8.58.